The van der Waals surface area contributed by atoms with Gasteiger partial charge in [-0.15, -0.1) is 0 Å². The summed E-state index contributed by atoms with van der Waals surface area (Å²) in [5.74, 6) is 0.549. The number of carbonyl (C=O) groups is 1. The van der Waals surface area contributed by atoms with Crippen molar-refractivity contribution in [1.82, 2.24) is 15.3 Å². The van der Waals surface area contributed by atoms with E-state index in [2.05, 4.69) is 10.3 Å². The molecule has 0 aliphatic heterocycles. The maximum Gasteiger partial charge on any atom is 0.387 e. The number of nitrogens with zero attached hydrogens (tertiary/aromatic N) is 1. The molecule has 0 bridgehead atoms. The SMILES string of the molecule is CC(=O)NCC[C@H](c1ccc(S(=O)(=O)CC2CC2)cc1)c1nc2cc(-c3ccccc3OC(F)F)c(Cl)cc2[nH]1. The molecule has 1 saturated carbocycles. The zero-order valence-electron chi connectivity index (χ0n) is 21.7. The van der Waals surface area contributed by atoms with Gasteiger partial charge in [-0.1, -0.05) is 41.9 Å². The van der Waals surface area contributed by atoms with Gasteiger partial charge >= 0.3 is 6.61 Å². The fourth-order valence-electron chi connectivity index (χ4n) is 4.76. The third-order valence-corrected chi connectivity index (χ3v) is 9.13. The van der Waals surface area contributed by atoms with Crippen LogP contribution in [0.2, 0.25) is 5.02 Å². The number of aromatic amines is 1. The molecule has 1 heterocycles. The Bertz CT molecular complexity index is 1640. The van der Waals surface area contributed by atoms with Crippen molar-refractivity contribution in [2.24, 2.45) is 5.92 Å². The summed E-state index contributed by atoms with van der Waals surface area (Å²) in [7, 11) is -3.35. The molecule has 1 atom stereocenters. The summed E-state index contributed by atoms with van der Waals surface area (Å²) in [6, 6.07) is 16.6. The molecule has 7 nitrogen and oxygen atoms in total. The van der Waals surface area contributed by atoms with E-state index in [4.69, 9.17) is 21.3 Å². The molecule has 1 aliphatic rings. The molecule has 1 fully saturated rings. The van der Waals surface area contributed by atoms with Gasteiger partial charge in [0.15, 0.2) is 9.84 Å². The smallest absolute Gasteiger partial charge is 0.387 e. The largest absolute Gasteiger partial charge is 0.434 e. The minimum atomic E-state index is -3.35. The quantitative estimate of drug-likeness (QED) is 0.214. The number of nitrogens with one attached hydrogen (secondary N) is 2. The number of sulfone groups is 1. The Morgan fingerprint density at radius 3 is 2.52 bits per heavy atom. The van der Waals surface area contributed by atoms with Gasteiger partial charge in [-0.05, 0) is 61.1 Å². The van der Waals surface area contributed by atoms with Crippen molar-refractivity contribution in [1.29, 1.82) is 0 Å². The van der Waals surface area contributed by atoms with Crippen molar-refractivity contribution >= 4 is 38.4 Å². The number of alkyl halides is 2. The molecular weight excluding hydrogens is 560 g/mol. The first-order chi connectivity index (χ1) is 19.1. The molecule has 5 rings (SSSR count). The lowest BCUT2D eigenvalue weighted by atomic mass is 9.95. The van der Waals surface area contributed by atoms with Crippen molar-refractivity contribution in [2.45, 2.75) is 43.6 Å². The highest BCUT2D eigenvalue weighted by molar-refractivity contribution is 7.91. The van der Waals surface area contributed by atoms with Crippen molar-refractivity contribution in [3.63, 3.8) is 0 Å². The molecule has 3 aromatic carbocycles. The standard InChI is InChI=1S/C29H28ClF2N3O4S/c1-17(36)33-13-12-21(19-8-10-20(11-9-19)40(37,38)16-18-6-7-18)28-34-25-14-23(24(30)15-26(25)35-28)22-4-2-3-5-27(22)39-29(31)32/h2-5,8-11,14-15,18,21,29H,6-7,12-13,16H2,1H3,(H,33,36)(H,34,35)/t21-/m1/s1. The number of amides is 1. The number of imidazole rings is 1. The van der Waals surface area contributed by atoms with Crippen molar-refractivity contribution in [3.8, 4) is 16.9 Å². The molecule has 1 amide bonds. The van der Waals surface area contributed by atoms with Gasteiger partial charge in [-0.25, -0.2) is 13.4 Å². The van der Waals surface area contributed by atoms with Gasteiger partial charge in [-0.3, -0.25) is 4.79 Å². The van der Waals surface area contributed by atoms with Crippen molar-refractivity contribution in [2.75, 3.05) is 12.3 Å². The molecule has 210 valence electrons. The average molecular weight is 588 g/mol. The second-order valence-electron chi connectivity index (χ2n) is 9.96. The maximum atomic E-state index is 13.0. The third kappa shape index (κ3) is 6.45. The molecule has 0 saturated heterocycles. The van der Waals surface area contributed by atoms with Crippen LogP contribution in [0.5, 0.6) is 5.75 Å². The first-order valence-corrected chi connectivity index (χ1v) is 14.9. The van der Waals surface area contributed by atoms with Crippen LogP contribution < -0.4 is 10.1 Å². The van der Waals surface area contributed by atoms with Crippen LogP contribution in [0, 0.1) is 5.92 Å². The number of hydrogen-bond donors (Lipinski definition) is 2. The van der Waals surface area contributed by atoms with Crippen LogP contribution in [-0.4, -0.2) is 43.2 Å². The lowest BCUT2D eigenvalue weighted by molar-refractivity contribution is -0.118. The zero-order chi connectivity index (χ0) is 28.4. The number of para-hydroxylation sites is 1. The van der Waals surface area contributed by atoms with Crippen LogP contribution in [0.25, 0.3) is 22.2 Å². The lowest BCUT2D eigenvalue weighted by Crippen LogP contribution is -2.23. The summed E-state index contributed by atoms with van der Waals surface area (Å²) in [5, 5.41) is 3.13. The molecular formula is C29H28ClF2N3O4S. The van der Waals surface area contributed by atoms with E-state index in [1.54, 1.807) is 54.6 Å². The zero-order valence-corrected chi connectivity index (χ0v) is 23.2. The summed E-state index contributed by atoms with van der Waals surface area (Å²) in [6.07, 6.45) is 2.40. The second kappa shape index (κ2) is 11.5. The monoisotopic (exact) mass is 587 g/mol. The third-order valence-electron chi connectivity index (χ3n) is 6.91. The number of halogens is 3. The topological polar surface area (TPSA) is 101 Å². The Hall–Kier alpha value is -3.50. The highest BCUT2D eigenvalue weighted by atomic mass is 35.5. The normalized spacial score (nSPS) is 14.4. The molecule has 0 radical (unpaired) electrons. The fourth-order valence-corrected chi connectivity index (χ4v) is 6.72. The van der Waals surface area contributed by atoms with E-state index >= 15 is 0 Å². The van der Waals surface area contributed by atoms with E-state index in [0.717, 1.165) is 18.4 Å². The summed E-state index contributed by atoms with van der Waals surface area (Å²) in [5.41, 5.74) is 2.93. The molecule has 40 heavy (non-hydrogen) atoms. The maximum absolute atomic E-state index is 13.0. The number of aromatic nitrogens is 2. The molecule has 0 spiro atoms. The van der Waals surface area contributed by atoms with Gasteiger partial charge < -0.3 is 15.0 Å². The summed E-state index contributed by atoms with van der Waals surface area (Å²) < 4.78 is 56.1. The number of hydrogen-bond acceptors (Lipinski definition) is 5. The Labute approximate surface area is 235 Å². The number of H-pyrrole nitrogens is 1. The molecule has 4 aromatic rings. The van der Waals surface area contributed by atoms with Gasteiger partial charge in [0.2, 0.25) is 5.91 Å². The van der Waals surface area contributed by atoms with E-state index < -0.39 is 16.4 Å². The molecule has 1 aromatic heterocycles. The summed E-state index contributed by atoms with van der Waals surface area (Å²) in [6.45, 7) is -1.17. The number of ether oxygens (including phenoxy) is 1. The minimum absolute atomic E-state index is 0.000537. The number of fused-ring (bicyclic) bond motifs is 1. The highest BCUT2D eigenvalue weighted by Gasteiger charge is 2.29. The second-order valence-corrected chi connectivity index (χ2v) is 12.4. The number of benzene rings is 3. The van der Waals surface area contributed by atoms with Crippen LogP contribution in [0.15, 0.2) is 65.6 Å². The van der Waals surface area contributed by atoms with Gasteiger partial charge in [0, 0.05) is 30.5 Å². The predicted octanol–water partition coefficient (Wildman–Crippen LogP) is 6.33. The fraction of sp³-hybridized carbons (Fsp3) is 0.310. The number of carbonyl (C=O) groups excluding carboxylic acids is 1. The van der Waals surface area contributed by atoms with E-state index in [9.17, 15) is 22.0 Å². The molecule has 0 unspecified atom stereocenters. The first-order valence-electron chi connectivity index (χ1n) is 12.9. The highest BCUT2D eigenvalue weighted by Crippen LogP contribution is 2.39. The lowest BCUT2D eigenvalue weighted by Gasteiger charge is -2.16. The van der Waals surface area contributed by atoms with Crippen molar-refractivity contribution in [3.05, 3.63) is 77.1 Å². The number of rotatable bonds is 11. The Balaban J connectivity index is 1.50. The van der Waals surface area contributed by atoms with Gasteiger partial charge in [0.05, 0.1) is 26.7 Å². The van der Waals surface area contributed by atoms with Crippen LogP contribution in [0.1, 0.15) is 43.5 Å². The molecule has 11 heteroatoms. The van der Waals surface area contributed by atoms with Crippen LogP contribution in [0.3, 0.4) is 0 Å². The van der Waals surface area contributed by atoms with Gasteiger partial charge in [0.1, 0.15) is 11.6 Å². The van der Waals surface area contributed by atoms with Crippen LogP contribution >= 0.6 is 11.6 Å². The summed E-state index contributed by atoms with van der Waals surface area (Å²) >= 11 is 6.58. The van der Waals surface area contributed by atoms with Crippen molar-refractivity contribution < 1.29 is 26.7 Å². The van der Waals surface area contributed by atoms with Gasteiger partial charge in [-0.2, -0.15) is 8.78 Å². The predicted molar refractivity (Wildman–Crippen MR) is 150 cm³/mol. The molecule has 2 N–H and O–H groups in total. The van der Waals surface area contributed by atoms with E-state index in [1.807, 2.05) is 0 Å². The Kier molecular flexibility index (Phi) is 8.09. The minimum Gasteiger partial charge on any atom is -0.434 e. The molecule has 1 aliphatic carbocycles. The van der Waals surface area contributed by atoms with Crippen LogP contribution in [-0.2, 0) is 14.6 Å². The summed E-state index contributed by atoms with van der Waals surface area (Å²) in [4.78, 5) is 19.9. The van der Waals surface area contributed by atoms with E-state index in [-0.39, 0.29) is 34.1 Å². The van der Waals surface area contributed by atoms with Gasteiger partial charge in [0.25, 0.3) is 0 Å². The Morgan fingerprint density at radius 2 is 1.85 bits per heavy atom. The van der Waals surface area contributed by atoms with E-state index in [1.165, 1.54) is 13.0 Å². The average Bonchev–Trinajstić information content (AvgIpc) is 3.61. The van der Waals surface area contributed by atoms with E-state index in [0.29, 0.717) is 46.0 Å². The Morgan fingerprint density at radius 1 is 1.12 bits per heavy atom. The first kappa shape index (κ1) is 28.0. The van der Waals surface area contributed by atoms with Crippen LogP contribution in [0.4, 0.5) is 8.78 Å².